The lowest BCUT2D eigenvalue weighted by Crippen LogP contribution is -2.59. The van der Waals surface area contributed by atoms with E-state index in [0.29, 0.717) is 11.1 Å². The average molecular weight is 468 g/mol. The molecule has 34 heavy (non-hydrogen) atoms. The van der Waals surface area contributed by atoms with Gasteiger partial charge < -0.3 is 29.7 Å². The van der Waals surface area contributed by atoms with Crippen LogP contribution >= 0.6 is 0 Å². The molecule has 1 fully saturated rings. The number of nitrogens with zero attached hydrogens (tertiary/aromatic N) is 2. The minimum absolute atomic E-state index is 0.0568. The van der Waals surface area contributed by atoms with Crippen molar-refractivity contribution < 1.29 is 34.9 Å². The highest BCUT2D eigenvalue weighted by Gasteiger charge is 2.44. The lowest BCUT2D eigenvalue weighted by Gasteiger charge is -2.40. The predicted molar refractivity (Wildman–Crippen MR) is 117 cm³/mol. The number of aliphatic hydroxyl groups is 4. The first-order valence-electron chi connectivity index (χ1n) is 10.5. The first kappa shape index (κ1) is 22.3. The third kappa shape index (κ3) is 3.17. The number of nitro benzene ring substituents is 1. The second kappa shape index (κ2) is 8.08. The molecule has 3 aromatic rings. The van der Waals surface area contributed by atoms with Gasteiger partial charge in [-0.25, -0.2) is 0 Å². The zero-order valence-electron chi connectivity index (χ0n) is 17.6. The Morgan fingerprint density at radius 2 is 1.62 bits per heavy atom. The molecule has 0 unspecified atom stereocenters. The standard InChI is InChI=1S/C23H20N2O9/c26-9-16-21(29)22(30)20(28)15(34-16)8-24-18-12-3-1-2-4-13(12)19(27)17(18)11-6-5-10(25(32)33)7-14(11)23(24)31/h1-7,15-16,20-22,26,28-30H,8-9H2/t15-,16+,20-,21+,22+/m0/s1. The fourth-order valence-corrected chi connectivity index (χ4v) is 4.77. The maximum atomic E-state index is 13.6. The van der Waals surface area contributed by atoms with Crippen LogP contribution in [0.25, 0.3) is 22.0 Å². The Morgan fingerprint density at radius 3 is 2.29 bits per heavy atom. The van der Waals surface area contributed by atoms with Crippen LogP contribution in [-0.4, -0.2) is 72.8 Å². The van der Waals surface area contributed by atoms with E-state index in [1.165, 1.54) is 16.7 Å². The fraction of sp³-hybridized carbons (Fsp3) is 0.304. The van der Waals surface area contributed by atoms with Crippen molar-refractivity contribution in [3.8, 4) is 11.3 Å². The van der Waals surface area contributed by atoms with Crippen LogP contribution in [-0.2, 0) is 11.3 Å². The van der Waals surface area contributed by atoms with Gasteiger partial charge in [-0.3, -0.25) is 19.7 Å². The number of ketones is 1. The van der Waals surface area contributed by atoms with E-state index in [2.05, 4.69) is 0 Å². The molecule has 2 aromatic carbocycles. The maximum absolute atomic E-state index is 13.6. The predicted octanol–water partition coefficient (Wildman–Crippen LogP) is -0.0365. The van der Waals surface area contributed by atoms with Crippen molar-refractivity contribution in [1.29, 1.82) is 0 Å². The number of benzene rings is 2. The van der Waals surface area contributed by atoms with E-state index in [1.54, 1.807) is 24.3 Å². The van der Waals surface area contributed by atoms with E-state index in [1.807, 2.05) is 0 Å². The molecule has 0 saturated carbocycles. The second-order valence-electron chi connectivity index (χ2n) is 8.37. The zero-order chi connectivity index (χ0) is 24.3. The van der Waals surface area contributed by atoms with Gasteiger partial charge in [0.1, 0.15) is 30.5 Å². The van der Waals surface area contributed by atoms with E-state index in [-0.39, 0.29) is 40.0 Å². The Morgan fingerprint density at radius 1 is 0.941 bits per heavy atom. The average Bonchev–Trinajstić information content (AvgIpc) is 3.13. The summed E-state index contributed by atoms with van der Waals surface area (Å²) in [6, 6.07) is 10.3. The van der Waals surface area contributed by atoms with Gasteiger partial charge >= 0.3 is 0 Å². The summed E-state index contributed by atoms with van der Waals surface area (Å²) < 4.78 is 6.77. The number of ether oxygens (including phenoxy) is 1. The fourth-order valence-electron chi connectivity index (χ4n) is 4.77. The highest BCUT2D eigenvalue weighted by Crippen LogP contribution is 2.40. The molecule has 1 aliphatic heterocycles. The lowest BCUT2D eigenvalue weighted by atomic mass is 9.94. The van der Waals surface area contributed by atoms with Gasteiger partial charge in [0.2, 0.25) is 0 Å². The smallest absolute Gasteiger partial charge is 0.270 e. The van der Waals surface area contributed by atoms with Crippen LogP contribution in [0, 0.1) is 10.1 Å². The number of nitro groups is 1. The molecule has 176 valence electrons. The molecule has 0 amide bonds. The van der Waals surface area contributed by atoms with Crippen LogP contribution < -0.4 is 5.56 Å². The molecule has 1 aromatic heterocycles. The third-order valence-electron chi connectivity index (χ3n) is 6.47. The van der Waals surface area contributed by atoms with Gasteiger partial charge in [-0.1, -0.05) is 24.3 Å². The van der Waals surface area contributed by atoms with Crippen LogP contribution in [0.2, 0.25) is 0 Å². The molecular formula is C23H20N2O9. The van der Waals surface area contributed by atoms with E-state index in [9.17, 15) is 40.1 Å². The highest BCUT2D eigenvalue weighted by atomic mass is 16.6. The van der Waals surface area contributed by atoms with Crippen LogP contribution in [0.5, 0.6) is 0 Å². The molecule has 2 heterocycles. The number of carbonyl (C=O) groups excluding carboxylic acids is 1. The number of carbonyl (C=O) groups is 1. The van der Waals surface area contributed by atoms with Gasteiger partial charge in [-0.05, 0) is 6.07 Å². The summed E-state index contributed by atoms with van der Waals surface area (Å²) in [5, 5.41) is 51.8. The summed E-state index contributed by atoms with van der Waals surface area (Å²) in [5.41, 5.74) is 0.305. The molecule has 2 aliphatic rings. The number of fused-ring (bicyclic) bond motifs is 5. The minimum atomic E-state index is -1.64. The second-order valence-corrected chi connectivity index (χ2v) is 8.37. The molecule has 5 rings (SSSR count). The van der Waals surface area contributed by atoms with Crippen molar-refractivity contribution >= 4 is 22.2 Å². The molecule has 11 nitrogen and oxygen atoms in total. The van der Waals surface area contributed by atoms with Gasteiger partial charge in [0, 0.05) is 28.6 Å². The van der Waals surface area contributed by atoms with Crippen molar-refractivity contribution in [3.05, 3.63) is 74.1 Å². The minimum Gasteiger partial charge on any atom is -0.394 e. The summed E-state index contributed by atoms with van der Waals surface area (Å²) in [7, 11) is 0. The summed E-state index contributed by atoms with van der Waals surface area (Å²) in [4.78, 5) is 37.6. The Balaban J connectivity index is 1.75. The Kier molecular flexibility index (Phi) is 5.30. The Hall–Kier alpha value is -3.48. The molecule has 0 radical (unpaired) electrons. The molecule has 0 spiro atoms. The van der Waals surface area contributed by atoms with Gasteiger partial charge in [0.15, 0.2) is 5.78 Å². The summed E-state index contributed by atoms with van der Waals surface area (Å²) in [5.74, 6) is -0.355. The Bertz CT molecular complexity index is 1400. The lowest BCUT2D eigenvalue weighted by molar-refractivity contribution is -0.384. The van der Waals surface area contributed by atoms with Gasteiger partial charge in [-0.15, -0.1) is 0 Å². The largest absolute Gasteiger partial charge is 0.394 e. The third-order valence-corrected chi connectivity index (χ3v) is 6.47. The Labute approximate surface area is 191 Å². The number of aromatic nitrogens is 1. The van der Waals surface area contributed by atoms with E-state index < -0.39 is 47.6 Å². The van der Waals surface area contributed by atoms with Crippen LogP contribution in [0.15, 0.2) is 47.3 Å². The van der Waals surface area contributed by atoms with Gasteiger partial charge in [0.25, 0.3) is 11.2 Å². The number of pyridine rings is 1. The van der Waals surface area contributed by atoms with E-state index in [0.717, 1.165) is 6.07 Å². The number of aliphatic hydroxyl groups excluding tert-OH is 4. The van der Waals surface area contributed by atoms with Crippen LogP contribution in [0.4, 0.5) is 5.69 Å². The normalized spacial score (nSPS) is 25.9. The molecule has 1 saturated heterocycles. The first-order chi connectivity index (χ1) is 16.2. The SMILES string of the molecule is O=C1c2ccccc2-c2c1c1ccc([N+](=O)[O-])cc1c(=O)n2C[C@@H]1O[C@H](CO)[C@@H](O)[C@H](O)[C@H]1O. The van der Waals surface area contributed by atoms with Crippen LogP contribution in [0.3, 0.4) is 0 Å². The highest BCUT2D eigenvalue weighted by molar-refractivity contribution is 6.26. The zero-order valence-corrected chi connectivity index (χ0v) is 17.6. The van der Waals surface area contributed by atoms with Crippen molar-refractivity contribution in [3.63, 3.8) is 0 Å². The van der Waals surface area contributed by atoms with Crippen molar-refractivity contribution in [1.82, 2.24) is 4.57 Å². The maximum Gasteiger partial charge on any atom is 0.270 e. The van der Waals surface area contributed by atoms with E-state index in [4.69, 9.17) is 4.74 Å². The summed E-state index contributed by atoms with van der Waals surface area (Å²) >= 11 is 0. The number of hydrogen-bond donors (Lipinski definition) is 4. The first-order valence-corrected chi connectivity index (χ1v) is 10.5. The summed E-state index contributed by atoms with van der Waals surface area (Å²) in [6.45, 7) is -0.984. The van der Waals surface area contributed by atoms with E-state index >= 15 is 0 Å². The molecule has 1 aliphatic carbocycles. The molecule has 0 bridgehead atoms. The quantitative estimate of drug-likeness (QED) is 0.237. The molecule has 4 N–H and O–H groups in total. The van der Waals surface area contributed by atoms with Gasteiger partial charge in [0.05, 0.1) is 34.7 Å². The number of non-ortho nitro benzene ring substituents is 1. The van der Waals surface area contributed by atoms with Crippen molar-refractivity contribution in [2.75, 3.05) is 6.61 Å². The van der Waals surface area contributed by atoms with Gasteiger partial charge in [-0.2, -0.15) is 0 Å². The van der Waals surface area contributed by atoms with Crippen molar-refractivity contribution in [2.24, 2.45) is 0 Å². The monoisotopic (exact) mass is 468 g/mol. The number of rotatable bonds is 4. The topological polar surface area (TPSA) is 172 Å². The summed E-state index contributed by atoms with van der Waals surface area (Å²) in [6.07, 6.45) is -7.22. The molecule has 11 heteroatoms. The molecular weight excluding hydrogens is 448 g/mol. The van der Waals surface area contributed by atoms with Crippen LogP contribution in [0.1, 0.15) is 15.9 Å². The molecule has 5 atom stereocenters. The van der Waals surface area contributed by atoms with Crippen molar-refractivity contribution in [2.45, 2.75) is 37.1 Å². The number of hydrogen-bond acceptors (Lipinski definition) is 9.